The third-order valence-electron chi connectivity index (χ3n) is 7.82. The zero-order chi connectivity index (χ0) is 23.8. The van der Waals surface area contributed by atoms with Crippen LogP contribution in [0.2, 0.25) is 0 Å². The van der Waals surface area contributed by atoms with Crippen LogP contribution < -0.4 is 0 Å². The summed E-state index contributed by atoms with van der Waals surface area (Å²) in [5.74, 6) is -0.387. The standard InChI is InChI=1S/C28H32O5/c1-17(2)22-11-10-20(15-32-16-29)13-24-25(33-27(31)21-8-6-5-7-9-21)19(4)14-28(24)23(22)12-18(3)26(28)30/h5-9,12-13,16,19,22-25H,1,10-11,14-15H2,2-4H3/b20-13+/t19-,22+,23+,24-,25-,28+/m0/s1. The van der Waals surface area contributed by atoms with Crippen molar-refractivity contribution in [2.75, 3.05) is 6.61 Å². The average molecular weight is 449 g/mol. The molecule has 0 unspecified atom stereocenters. The molecule has 3 aliphatic rings. The fourth-order valence-corrected chi connectivity index (χ4v) is 6.39. The lowest BCUT2D eigenvalue weighted by molar-refractivity contribution is -0.129. The smallest absolute Gasteiger partial charge is 0.338 e. The number of carbonyl (C=O) groups excluding carboxylic acids is 3. The molecule has 1 fully saturated rings. The highest BCUT2D eigenvalue weighted by molar-refractivity contribution is 6.03. The molecule has 3 aliphatic carbocycles. The molecule has 0 amide bonds. The van der Waals surface area contributed by atoms with E-state index >= 15 is 0 Å². The van der Waals surface area contributed by atoms with Gasteiger partial charge in [0.25, 0.3) is 6.47 Å². The van der Waals surface area contributed by atoms with Gasteiger partial charge in [-0.2, -0.15) is 0 Å². The predicted molar refractivity (Wildman–Crippen MR) is 125 cm³/mol. The van der Waals surface area contributed by atoms with Crippen LogP contribution in [0.3, 0.4) is 0 Å². The number of allylic oxidation sites excluding steroid dienone is 3. The van der Waals surface area contributed by atoms with Crippen molar-refractivity contribution in [2.45, 2.75) is 46.1 Å². The maximum atomic E-state index is 13.8. The first kappa shape index (κ1) is 23.2. The van der Waals surface area contributed by atoms with Gasteiger partial charge in [0.2, 0.25) is 0 Å². The van der Waals surface area contributed by atoms with Crippen LogP contribution >= 0.6 is 0 Å². The number of benzene rings is 1. The maximum absolute atomic E-state index is 13.8. The number of Topliss-reactive ketones (excluding diaryl/α,β-unsaturated/α-hetero) is 1. The first-order valence-electron chi connectivity index (χ1n) is 11.7. The van der Waals surface area contributed by atoms with Gasteiger partial charge in [-0.15, -0.1) is 0 Å². The van der Waals surface area contributed by atoms with E-state index in [-0.39, 0.29) is 42.0 Å². The van der Waals surface area contributed by atoms with Crippen molar-refractivity contribution >= 4 is 18.2 Å². The molecule has 0 radical (unpaired) electrons. The van der Waals surface area contributed by atoms with E-state index in [1.54, 1.807) is 12.1 Å². The first-order chi connectivity index (χ1) is 15.8. The van der Waals surface area contributed by atoms with Gasteiger partial charge < -0.3 is 9.47 Å². The third kappa shape index (κ3) is 3.98. The van der Waals surface area contributed by atoms with E-state index in [4.69, 9.17) is 9.47 Å². The maximum Gasteiger partial charge on any atom is 0.338 e. The summed E-state index contributed by atoms with van der Waals surface area (Å²) in [6.07, 6.45) is 5.97. The molecule has 1 spiro atoms. The van der Waals surface area contributed by atoms with Crippen LogP contribution in [0.5, 0.6) is 0 Å². The number of ether oxygens (including phenoxy) is 2. The van der Waals surface area contributed by atoms with Crippen molar-refractivity contribution in [1.82, 2.24) is 0 Å². The Labute approximate surface area is 195 Å². The molecule has 4 rings (SSSR count). The summed E-state index contributed by atoms with van der Waals surface area (Å²) in [7, 11) is 0. The fraction of sp³-hybridized carbons (Fsp3) is 0.464. The lowest BCUT2D eigenvalue weighted by atomic mass is 9.60. The van der Waals surface area contributed by atoms with Gasteiger partial charge >= 0.3 is 5.97 Å². The van der Waals surface area contributed by atoms with E-state index in [1.165, 1.54) is 0 Å². The highest BCUT2D eigenvalue weighted by atomic mass is 16.5. The first-order valence-corrected chi connectivity index (χ1v) is 11.7. The van der Waals surface area contributed by atoms with Crippen molar-refractivity contribution in [1.29, 1.82) is 0 Å². The second-order valence-electron chi connectivity index (χ2n) is 9.91. The van der Waals surface area contributed by atoms with Gasteiger partial charge in [-0.3, -0.25) is 9.59 Å². The Bertz CT molecular complexity index is 1020. The van der Waals surface area contributed by atoms with Gasteiger partial charge in [0, 0.05) is 5.92 Å². The molecule has 0 saturated heterocycles. The normalized spacial score (nSPS) is 34.6. The van der Waals surface area contributed by atoms with Gasteiger partial charge in [-0.1, -0.05) is 49.4 Å². The Morgan fingerprint density at radius 2 is 1.94 bits per heavy atom. The molecule has 1 saturated carbocycles. The van der Waals surface area contributed by atoms with Crippen molar-refractivity contribution < 1.29 is 23.9 Å². The molecule has 1 aromatic carbocycles. The lowest BCUT2D eigenvalue weighted by Gasteiger charge is -2.42. The molecule has 0 N–H and O–H groups in total. The van der Waals surface area contributed by atoms with Gasteiger partial charge in [-0.05, 0) is 74.1 Å². The summed E-state index contributed by atoms with van der Waals surface area (Å²) >= 11 is 0. The Morgan fingerprint density at radius 1 is 1.21 bits per heavy atom. The van der Waals surface area contributed by atoms with Crippen LogP contribution in [0.4, 0.5) is 0 Å². The quantitative estimate of drug-likeness (QED) is 0.345. The number of rotatable bonds is 6. The number of ketones is 1. The molecule has 33 heavy (non-hydrogen) atoms. The lowest BCUT2D eigenvalue weighted by Crippen LogP contribution is -2.44. The van der Waals surface area contributed by atoms with Crippen LogP contribution in [0, 0.1) is 29.1 Å². The highest BCUT2D eigenvalue weighted by Gasteiger charge is 2.64. The molecule has 1 aromatic rings. The zero-order valence-corrected chi connectivity index (χ0v) is 19.6. The van der Waals surface area contributed by atoms with Gasteiger partial charge in [0.05, 0.1) is 11.0 Å². The molecule has 5 heteroatoms. The van der Waals surface area contributed by atoms with E-state index in [0.717, 1.165) is 29.6 Å². The summed E-state index contributed by atoms with van der Waals surface area (Å²) in [5, 5.41) is 0. The topological polar surface area (TPSA) is 69.7 Å². The predicted octanol–water partition coefficient (Wildman–Crippen LogP) is 5.09. The van der Waals surface area contributed by atoms with Crippen molar-refractivity contribution in [2.24, 2.45) is 29.1 Å². The molecular formula is C28H32O5. The van der Waals surface area contributed by atoms with E-state index in [2.05, 4.69) is 25.7 Å². The molecule has 5 nitrogen and oxygen atoms in total. The Kier molecular flexibility index (Phi) is 6.42. The van der Waals surface area contributed by atoms with Crippen LogP contribution in [0.25, 0.3) is 0 Å². The number of hydrogen-bond acceptors (Lipinski definition) is 5. The van der Waals surface area contributed by atoms with Crippen LogP contribution in [0.1, 0.15) is 50.4 Å². The average Bonchev–Trinajstić information content (AvgIpc) is 3.19. The largest absolute Gasteiger partial charge is 0.463 e. The van der Waals surface area contributed by atoms with Crippen LogP contribution in [-0.2, 0) is 19.1 Å². The minimum absolute atomic E-state index is 0.00164. The number of carbonyl (C=O) groups is 3. The molecule has 0 bridgehead atoms. The Balaban J connectivity index is 1.79. The second kappa shape index (κ2) is 9.12. The molecule has 174 valence electrons. The zero-order valence-electron chi connectivity index (χ0n) is 19.6. The van der Waals surface area contributed by atoms with Gasteiger partial charge in [0.1, 0.15) is 12.7 Å². The van der Waals surface area contributed by atoms with Crippen molar-refractivity contribution in [3.63, 3.8) is 0 Å². The van der Waals surface area contributed by atoms with E-state index in [0.29, 0.717) is 18.5 Å². The second-order valence-corrected chi connectivity index (χ2v) is 9.91. The monoisotopic (exact) mass is 448 g/mol. The SMILES string of the molecule is C=C(C)[C@H]1CC/C(COC=O)=C\[C@H]2[C@@H](OC(=O)c3ccccc3)[C@@H](C)C[C@]23C(=O)C(C)=C[C@H]13. The van der Waals surface area contributed by atoms with Gasteiger partial charge in [-0.25, -0.2) is 4.79 Å². The Morgan fingerprint density at radius 3 is 2.61 bits per heavy atom. The summed E-state index contributed by atoms with van der Waals surface area (Å²) in [5.41, 5.74) is 2.60. The van der Waals surface area contributed by atoms with Gasteiger partial charge in [0.15, 0.2) is 5.78 Å². The number of hydrogen-bond donors (Lipinski definition) is 0. The van der Waals surface area contributed by atoms with Crippen LogP contribution in [-0.4, -0.2) is 30.9 Å². The van der Waals surface area contributed by atoms with Crippen LogP contribution in [0.15, 0.2) is 65.8 Å². The fourth-order valence-electron chi connectivity index (χ4n) is 6.39. The van der Waals surface area contributed by atoms with Crippen molar-refractivity contribution in [3.8, 4) is 0 Å². The van der Waals surface area contributed by atoms with Crippen molar-refractivity contribution in [3.05, 3.63) is 71.3 Å². The van der Waals surface area contributed by atoms with E-state index in [1.807, 2.05) is 32.0 Å². The third-order valence-corrected chi connectivity index (χ3v) is 7.82. The summed E-state index contributed by atoms with van der Waals surface area (Å²) in [6, 6.07) is 8.95. The minimum atomic E-state index is -0.679. The molecule has 6 atom stereocenters. The Hall–Kier alpha value is -2.95. The summed E-state index contributed by atoms with van der Waals surface area (Å²) in [4.78, 5) is 37.7. The van der Waals surface area contributed by atoms with E-state index < -0.39 is 11.5 Å². The number of esters is 1. The highest BCUT2D eigenvalue weighted by Crippen LogP contribution is 2.62. The molecule has 0 aromatic heterocycles. The molecule has 0 heterocycles. The molecular weight excluding hydrogens is 416 g/mol. The van der Waals surface area contributed by atoms with E-state index in [9.17, 15) is 14.4 Å². The summed E-state index contributed by atoms with van der Waals surface area (Å²) < 4.78 is 11.2. The molecule has 0 aliphatic heterocycles. The summed E-state index contributed by atoms with van der Waals surface area (Å²) in [6.45, 7) is 10.9. The minimum Gasteiger partial charge on any atom is -0.463 e.